The monoisotopic (exact) mass is 285 g/mol. The third-order valence-electron chi connectivity index (χ3n) is 3.80. The third kappa shape index (κ3) is 2.05. The van der Waals surface area contributed by atoms with Gasteiger partial charge in [-0.15, -0.1) is 0 Å². The van der Waals surface area contributed by atoms with E-state index in [0.29, 0.717) is 11.3 Å². The third-order valence-corrected chi connectivity index (χ3v) is 4.83. The van der Waals surface area contributed by atoms with Crippen LogP contribution in [0, 0.1) is 18.3 Å². The lowest BCUT2D eigenvalue weighted by Crippen LogP contribution is -2.28. The molecule has 1 fully saturated rings. The molecule has 0 aliphatic heterocycles. The van der Waals surface area contributed by atoms with Crippen molar-refractivity contribution in [3.63, 3.8) is 0 Å². The van der Waals surface area contributed by atoms with Crippen LogP contribution in [0.15, 0.2) is 4.47 Å². The van der Waals surface area contributed by atoms with Crippen molar-refractivity contribution in [3.05, 3.63) is 15.9 Å². The molecule has 0 amide bonds. The highest BCUT2D eigenvalue weighted by Gasteiger charge is 2.48. The molecule has 3 nitrogen and oxygen atoms in total. The Hall–Kier alpha value is -0.350. The van der Waals surface area contributed by atoms with Gasteiger partial charge in [0.15, 0.2) is 0 Å². The average molecular weight is 286 g/mol. The topological polar surface area (TPSA) is 43.8 Å². The molecule has 0 radical (unpaired) electrons. The zero-order valence-electron chi connectivity index (χ0n) is 10.4. The van der Waals surface area contributed by atoms with E-state index in [4.69, 9.17) is 5.73 Å². The zero-order chi connectivity index (χ0) is 12.1. The van der Waals surface area contributed by atoms with Crippen molar-refractivity contribution in [3.8, 4) is 0 Å². The molecule has 1 aromatic rings. The second kappa shape index (κ2) is 3.84. The number of aromatic nitrogens is 2. The first-order valence-electron chi connectivity index (χ1n) is 5.76. The van der Waals surface area contributed by atoms with E-state index < -0.39 is 0 Å². The first kappa shape index (κ1) is 12.1. The summed E-state index contributed by atoms with van der Waals surface area (Å²) in [6, 6.07) is 0.251. The fraction of sp³-hybridized carbons (Fsp3) is 0.750. The second-order valence-corrected chi connectivity index (χ2v) is 6.43. The molecule has 0 spiro atoms. The molecule has 1 aliphatic rings. The number of halogens is 1. The Morgan fingerprint density at radius 3 is 2.56 bits per heavy atom. The lowest BCUT2D eigenvalue weighted by atomic mass is 10.0. The van der Waals surface area contributed by atoms with Gasteiger partial charge in [0.2, 0.25) is 0 Å². The standard InChI is InChI=1S/C12H20BrN3/c1-7-11(13)10(16(4)15-7)5-9(14)8-6-12(8,2)3/h8-9H,5-6,14H2,1-4H3. The van der Waals surface area contributed by atoms with Gasteiger partial charge in [-0.2, -0.15) is 5.10 Å². The highest BCUT2D eigenvalue weighted by atomic mass is 79.9. The summed E-state index contributed by atoms with van der Waals surface area (Å²) in [4.78, 5) is 0. The van der Waals surface area contributed by atoms with Crippen molar-refractivity contribution < 1.29 is 0 Å². The molecule has 0 aromatic carbocycles. The zero-order valence-corrected chi connectivity index (χ0v) is 12.0. The minimum absolute atomic E-state index is 0.251. The van der Waals surface area contributed by atoms with Crippen LogP contribution >= 0.6 is 15.9 Å². The van der Waals surface area contributed by atoms with Crippen LogP contribution in [-0.2, 0) is 13.5 Å². The minimum atomic E-state index is 0.251. The van der Waals surface area contributed by atoms with Crippen LogP contribution in [0.5, 0.6) is 0 Å². The fourth-order valence-electron chi connectivity index (χ4n) is 2.51. The summed E-state index contributed by atoms with van der Waals surface area (Å²) in [6.07, 6.45) is 2.16. The molecule has 1 aliphatic carbocycles. The molecule has 2 N–H and O–H groups in total. The van der Waals surface area contributed by atoms with Gasteiger partial charge in [-0.05, 0) is 40.6 Å². The van der Waals surface area contributed by atoms with Crippen molar-refractivity contribution in [2.75, 3.05) is 0 Å². The molecule has 4 heteroatoms. The predicted molar refractivity (Wildman–Crippen MR) is 69.2 cm³/mol. The van der Waals surface area contributed by atoms with Crippen LogP contribution in [0.1, 0.15) is 31.7 Å². The number of hydrogen-bond acceptors (Lipinski definition) is 2. The van der Waals surface area contributed by atoms with Crippen LogP contribution < -0.4 is 5.73 Å². The molecule has 90 valence electrons. The van der Waals surface area contributed by atoms with Gasteiger partial charge < -0.3 is 5.73 Å². The summed E-state index contributed by atoms with van der Waals surface area (Å²) in [5.74, 6) is 0.662. The van der Waals surface area contributed by atoms with Gasteiger partial charge in [-0.3, -0.25) is 4.68 Å². The number of rotatable bonds is 3. The van der Waals surface area contributed by atoms with E-state index in [2.05, 4.69) is 34.9 Å². The van der Waals surface area contributed by atoms with E-state index in [1.807, 2.05) is 18.7 Å². The van der Waals surface area contributed by atoms with Crippen molar-refractivity contribution >= 4 is 15.9 Å². The summed E-state index contributed by atoms with van der Waals surface area (Å²) >= 11 is 3.59. The fourth-order valence-corrected chi connectivity index (χ4v) is 3.00. The lowest BCUT2D eigenvalue weighted by Gasteiger charge is -2.14. The minimum Gasteiger partial charge on any atom is -0.327 e. The van der Waals surface area contributed by atoms with Crippen LogP contribution in [0.25, 0.3) is 0 Å². The summed E-state index contributed by atoms with van der Waals surface area (Å²) in [5, 5.41) is 4.39. The van der Waals surface area contributed by atoms with Gasteiger partial charge in [0, 0.05) is 19.5 Å². The maximum Gasteiger partial charge on any atom is 0.0738 e. The van der Waals surface area contributed by atoms with Crippen LogP contribution in [-0.4, -0.2) is 15.8 Å². The van der Waals surface area contributed by atoms with Crippen molar-refractivity contribution in [2.24, 2.45) is 24.1 Å². The normalized spacial score (nSPS) is 24.5. The van der Waals surface area contributed by atoms with E-state index in [-0.39, 0.29) is 6.04 Å². The molecule has 1 saturated carbocycles. The van der Waals surface area contributed by atoms with E-state index in [0.717, 1.165) is 16.6 Å². The van der Waals surface area contributed by atoms with Gasteiger partial charge in [-0.1, -0.05) is 13.8 Å². The number of nitrogens with zero attached hydrogens (tertiary/aromatic N) is 2. The first-order valence-corrected chi connectivity index (χ1v) is 6.56. The Bertz CT molecular complexity index is 409. The largest absolute Gasteiger partial charge is 0.327 e. The molecular weight excluding hydrogens is 266 g/mol. The van der Waals surface area contributed by atoms with E-state index in [9.17, 15) is 0 Å². The predicted octanol–water partition coefficient (Wildman–Crippen LogP) is 2.41. The Labute approximate surface area is 106 Å². The molecule has 16 heavy (non-hydrogen) atoms. The van der Waals surface area contributed by atoms with Crippen LogP contribution in [0.3, 0.4) is 0 Å². The van der Waals surface area contributed by atoms with E-state index in [1.54, 1.807) is 0 Å². The Morgan fingerprint density at radius 2 is 2.19 bits per heavy atom. The molecular formula is C12H20BrN3. The molecule has 0 saturated heterocycles. The van der Waals surface area contributed by atoms with Crippen molar-refractivity contribution in [1.29, 1.82) is 0 Å². The first-order chi connectivity index (χ1) is 7.33. The quantitative estimate of drug-likeness (QED) is 0.927. The number of nitrogens with two attached hydrogens (primary N) is 1. The molecule has 2 rings (SSSR count). The average Bonchev–Trinajstić information content (AvgIpc) is 2.75. The van der Waals surface area contributed by atoms with Crippen LogP contribution in [0.4, 0.5) is 0 Å². The number of hydrogen-bond donors (Lipinski definition) is 1. The summed E-state index contributed by atoms with van der Waals surface area (Å²) in [5.41, 5.74) is 8.97. The molecule has 0 bridgehead atoms. The molecule has 1 aromatic heterocycles. The van der Waals surface area contributed by atoms with Gasteiger partial charge in [0.1, 0.15) is 0 Å². The van der Waals surface area contributed by atoms with E-state index in [1.165, 1.54) is 12.1 Å². The Morgan fingerprint density at radius 1 is 1.62 bits per heavy atom. The van der Waals surface area contributed by atoms with Gasteiger partial charge >= 0.3 is 0 Å². The van der Waals surface area contributed by atoms with Crippen molar-refractivity contribution in [2.45, 2.75) is 39.7 Å². The Balaban J connectivity index is 2.10. The van der Waals surface area contributed by atoms with E-state index >= 15 is 0 Å². The highest BCUT2D eigenvalue weighted by molar-refractivity contribution is 9.10. The summed E-state index contributed by atoms with van der Waals surface area (Å²) in [6.45, 7) is 6.60. The summed E-state index contributed by atoms with van der Waals surface area (Å²) < 4.78 is 3.05. The lowest BCUT2D eigenvalue weighted by molar-refractivity contribution is 0.467. The molecule has 1 heterocycles. The van der Waals surface area contributed by atoms with Gasteiger partial charge in [0.05, 0.1) is 15.9 Å². The SMILES string of the molecule is Cc1nn(C)c(CC(N)C2CC2(C)C)c1Br. The van der Waals surface area contributed by atoms with Crippen molar-refractivity contribution in [1.82, 2.24) is 9.78 Å². The number of aryl methyl sites for hydroxylation is 2. The highest BCUT2D eigenvalue weighted by Crippen LogP contribution is 2.53. The molecule has 2 unspecified atom stereocenters. The maximum atomic E-state index is 6.27. The summed E-state index contributed by atoms with van der Waals surface area (Å²) in [7, 11) is 1.98. The molecule has 2 atom stereocenters. The van der Waals surface area contributed by atoms with Gasteiger partial charge in [-0.25, -0.2) is 0 Å². The maximum absolute atomic E-state index is 6.27. The Kier molecular flexibility index (Phi) is 2.91. The smallest absolute Gasteiger partial charge is 0.0738 e. The van der Waals surface area contributed by atoms with Crippen LogP contribution in [0.2, 0.25) is 0 Å². The second-order valence-electron chi connectivity index (χ2n) is 5.64. The van der Waals surface area contributed by atoms with Gasteiger partial charge in [0.25, 0.3) is 0 Å².